The average Bonchev–Trinajstić information content (AvgIpc) is 3.04. The van der Waals surface area contributed by atoms with Gasteiger partial charge in [-0.1, -0.05) is 35.5 Å². The van der Waals surface area contributed by atoms with Gasteiger partial charge in [0.05, 0.1) is 19.8 Å². The van der Waals surface area contributed by atoms with Crippen molar-refractivity contribution in [3.05, 3.63) is 47.6 Å². The Morgan fingerprint density at radius 2 is 2.13 bits per heavy atom. The average molecular weight is 317 g/mol. The highest BCUT2D eigenvalue weighted by atomic mass is 16.6. The number of carbonyl (C=O) groups excluding carboxylic acids is 1. The van der Waals surface area contributed by atoms with Gasteiger partial charge in [-0.25, -0.2) is 0 Å². The van der Waals surface area contributed by atoms with Crippen LogP contribution in [0.4, 0.5) is 0 Å². The Morgan fingerprint density at radius 1 is 1.26 bits per heavy atom. The van der Waals surface area contributed by atoms with Gasteiger partial charge in [-0.15, -0.1) is 0 Å². The zero-order chi connectivity index (χ0) is 15.9. The lowest BCUT2D eigenvalue weighted by Crippen LogP contribution is -2.43. The minimum atomic E-state index is -0.528. The molecule has 1 aliphatic rings. The summed E-state index contributed by atoms with van der Waals surface area (Å²) >= 11 is 0. The minimum Gasteiger partial charge on any atom is -0.376 e. The number of carbonyl (C=O) groups is 1. The molecule has 3 rings (SSSR count). The molecule has 2 heterocycles. The lowest BCUT2D eigenvalue weighted by atomic mass is 10.1. The maximum absolute atomic E-state index is 11.9. The molecule has 1 amide bonds. The van der Waals surface area contributed by atoms with E-state index in [0.717, 1.165) is 5.56 Å². The zero-order valence-corrected chi connectivity index (χ0v) is 12.7. The fourth-order valence-corrected chi connectivity index (χ4v) is 2.29. The van der Waals surface area contributed by atoms with Crippen molar-refractivity contribution in [2.45, 2.75) is 18.9 Å². The lowest BCUT2D eigenvalue weighted by Gasteiger charge is -2.21. The first kappa shape index (κ1) is 15.6. The Balaban J connectivity index is 1.43. The van der Waals surface area contributed by atoms with E-state index >= 15 is 0 Å². The largest absolute Gasteiger partial charge is 0.376 e. The highest BCUT2D eigenvalue weighted by Crippen LogP contribution is 2.07. The summed E-state index contributed by atoms with van der Waals surface area (Å²) in [5.74, 6) is 0.979. The first-order valence-corrected chi connectivity index (χ1v) is 7.64. The molecule has 0 radical (unpaired) electrons. The molecule has 23 heavy (non-hydrogen) atoms. The molecule has 0 saturated carbocycles. The Labute approximate surface area is 134 Å². The second-order valence-corrected chi connectivity index (χ2v) is 5.24. The molecule has 1 aromatic carbocycles. The van der Waals surface area contributed by atoms with Crippen LogP contribution in [0.2, 0.25) is 0 Å². The van der Waals surface area contributed by atoms with Gasteiger partial charge < -0.3 is 19.3 Å². The van der Waals surface area contributed by atoms with Crippen LogP contribution in [0.1, 0.15) is 17.3 Å². The van der Waals surface area contributed by atoms with Gasteiger partial charge in [-0.2, -0.15) is 4.98 Å². The highest BCUT2D eigenvalue weighted by Gasteiger charge is 2.22. The van der Waals surface area contributed by atoms with Crippen LogP contribution >= 0.6 is 0 Å². The van der Waals surface area contributed by atoms with E-state index in [2.05, 4.69) is 15.5 Å². The van der Waals surface area contributed by atoms with E-state index in [-0.39, 0.29) is 5.91 Å². The Hall–Kier alpha value is -2.25. The van der Waals surface area contributed by atoms with Crippen molar-refractivity contribution < 1.29 is 18.8 Å². The summed E-state index contributed by atoms with van der Waals surface area (Å²) in [5, 5.41) is 6.74. The van der Waals surface area contributed by atoms with Crippen LogP contribution in [-0.4, -0.2) is 48.5 Å². The second-order valence-electron chi connectivity index (χ2n) is 5.24. The van der Waals surface area contributed by atoms with Crippen LogP contribution in [0.15, 0.2) is 34.9 Å². The third-order valence-electron chi connectivity index (χ3n) is 3.46. The van der Waals surface area contributed by atoms with Crippen molar-refractivity contribution >= 4 is 5.91 Å². The fraction of sp³-hybridized carbons (Fsp3) is 0.438. The number of amides is 1. The quantitative estimate of drug-likeness (QED) is 0.845. The van der Waals surface area contributed by atoms with Crippen LogP contribution in [-0.2, 0) is 27.1 Å². The van der Waals surface area contributed by atoms with Crippen LogP contribution in [0.3, 0.4) is 0 Å². The van der Waals surface area contributed by atoms with Crippen LogP contribution in [0.25, 0.3) is 0 Å². The summed E-state index contributed by atoms with van der Waals surface area (Å²) in [7, 11) is 0. The molecule has 1 atom stereocenters. The molecule has 0 aliphatic carbocycles. The van der Waals surface area contributed by atoms with Crippen LogP contribution in [0, 0.1) is 0 Å². The molecule has 1 fully saturated rings. The summed E-state index contributed by atoms with van der Waals surface area (Å²) in [5.41, 5.74) is 1.13. The standard InChI is InChI=1S/C16H19N3O4/c20-16(13-11-21-8-9-22-13)17-7-6-15-18-14(19-23-15)10-12-4-2-1-3-5-12/h1-5,13H,6-11H2,(H,17,20)/t13-/m0/s1. The van der Waals surface area contributed by atoms with Gasteiger partial charge in [0.1, 0.15) is 0 Å². The normalized spacial score (nSPS) is 17.8. The molecule has 0 unspecified atom stereocenters. The van der Waals surface area contributed by atoms with E-state index in [0.29, 0.717) is 50.9 Å². The highest BCUT2D eigenvalue weighted by molar-refractivity contribution is 5.80. The van der Waals surface area contributed by atoms with Crippen molar-refractivity contribution in [3.63, 3.8) is 0 Å². The molecule has 1 aliphatic heterocycles. The third kappa shape index (κ3) is 4.61. The van der Waals surface area contributed by atoms with Gasteiger partial charge in [0.2, 0.25) is 5.89 Å². The van der Waals surface area contributed by atoms with E-state index in [9.17, 15) is 4.79 Å². The van der Waals surface area contributed by atoms with E-state index in [1.165, 1.54) is 0 Å². The molecule has 1 N–H and O–H groups in total. The summed E-state index contributed by atoms with van der Waals surface area (Å²) in [6, 6.07) is 9.95. The molecule has 1 aromatic heterocycles. The fourth-order valence-electron chi connectivity index (χ4n) is 2.29. The SMILES string of the molecule is O=C(NCCc1nc(Cc2ccccc2)no1)[C@@H]1COCCO1. The molecular weight excluding hydrogens is 298 g/mol. The summed E-state index contributed by atoms with van der Waals surface area (Å²) in [6.07, 6.45) is 0.588. The monoisotopic (exact) mass is 317 g/mol. The summed E-state index contributed by atoms with van der Waals surface area (Å²) < 4.78 is 15.7. The zero-order valence-electron chi connectivity index (χ0n) is 12.7. The van der Waals surface area contributed by atoms with Crippen molar-refractivity contribution in [2.75, 3.05) is 26.4 Å². The summed E-state index contributed by atoms with van der Waals surface area (Å²) in [4.78, 5) is 16.2. The molecule has 7 nitrogen and oxygen atoms in total. The molecule has 0 spiro atoms. The topological polar surface area (TPSA) is 86.5 Å². The Kier molecular flexibility index (Phi) is 5.33. The maximum Gasteiger partial charge on any atom is 0.251 e. The predicted octanol–water partition coefficient (Wildman–Crippen LogP) is 0.734. The number of hydrogen-bond acceptors (Lipinski definition) is 6. The maximum atomic E-state index is 11.9. The first-order valence-electron chi connectivity index (χ1n) is 7.64. The van der Waals surface area contributed by atoms with Crippen molar-refractivity contribution in [1.82, 2.24) is 15.5 Å². The number of ether oxygens (including phenoxy) is 2. The molecule has 1 saturated heterocycles. The minimum absolute atomic E-state index is 0.172. The molecular formula is C16H19N3O4. The predicted molar refractivity (Wildman–Crippen MR) is 80.8 cm³/mol. The Bertz CT molecular complexity index is 623. The number of hydrogen-bond donors (Lipinski definition) is 1. The molecule has 122 valence electrons. The number of aromatic nitrogens is 2. The van der Waals surface area contributed by atoms with Gasteiger partial charge in [-0.3, -0.25) is 4.79 Å². The Morgan fingerprint density at radius 3 is 2.91 bits per heavy atom. The van der Waals surface area contributed by atoms with Crippen LogP contribution < -0.4 is 5.32 Å². The van der Waals surface area contributed by atoms with E-state index in [1.54, 1.807) is 0 Å². The third-order valence-corrected chi connectivity index (χ3v) is 3.46. The molecule has 7 heteroatoms. The number of benzene rings is 1. The van der Waals surface area contributed by atoms with Crippen molar-refractivity contribution in [1.29, 1.82) is 0 Å². The van der Waals surface area contributed by atoms with Gasteiger partial charge >= 0.3 is 0 Å². The first-order chi connectivity index (χ1) is 11.3. The van der Waals surface area contributed by atoms with Gasteiger partial charge in [0.15, 0.2) is 11.9 Å². The second kappa shape index (κ2) is 7.85. The van der Waals surface area contributed by atoms with Crippen molar-refractivity contribution in [2.24, 2.45) is 0 Å². The van der Waals surface area contributed by atoms with Gasteiger partial charge in [0, 0.05) is 19.4 Å². The van der Waals surface area contributed by atoms with Gasteiger partial charge in [-0.05, 0) is 5.56 Å². The number of rotatable bonds is 6. The molecule has 2 aromatic rings. The van der Waals surface area contributed by atoms with Crippen LogP contribution in [0.5, 0.6) is 0 Å². The lowest BCUT2D eigenvalue weighted by molar-refractivity contribution is -0.147. The number of nitrogens with zero attached hydrogens (tertiary/aromatic N) is 2. The number of nitrogens with one attached hydrogen (secondary N) is 1. The smallest absolute Gasteiger partial charge is 0.251 e. The van der Waals surface area contributed by atoms with Gasteiger partial charge in [0.25, 0.3) is 5.91 Å². The summed E-state index contributed by atoms with van der Waals surface area (Å²) in [6.45, 7) is 1.71. The van der Waals surface area contributed by atoms with E-state index in [4.69, 9.17) is 14.0 Å². The van der Waals surface area contributed by atoms with E-state index < -0.39 is 6.10 Å². The molecule has 0 bridgehead atoms. The van der Waals surface area contributed by atoms with E-state index in [1.807, 2.05) is 30.3 Å². The van der Waals surface area contributed by atoms with Crippen molar-refractivity contribution in [3.8, 4) is 0 Å².